The first-order chi connectivity index (χ1) is 8.44. The van der Waals surface area contributed by atoms with Gasteiger partial charge in [0.15, 0.2) is 0 Å². The second kappa shape index (κ2) is 6.70. The van der Waals surface area contributed by atoms with Gasteiger partial charge in [0.2, 0.25) is 10.0 Å². The maximum atomic E-state index is 12.9. The van der Waals surface area contributed by atoms with Crippen molar-refractivity contribution in [1.82, 2.24) is 5.32 Å². The Labute approximate surface area is 108 Å². The zero-order valence-electron chi connectivity index (χ0n) is 10.7. The molecule has 0 aliphatic rings. The molecule has 4 nitrogen and oxygen atoms in total. The highest BCUT2D eigenvalue weighted by molar-refractivity contribution is 7.92. The van der Waals surface area contributed by atoms with E-state index >= 15 is 0 Å². The minimum absolute atomic E-state index is 0.0749. The van der Waals surface area contributed by atoms with E-state index in [1.807, 2.05) is 7.05 Å². The Kier molecular flexibility index (Phi) is 5.55. The molecule has 0 fully saturated rings. The second-order valence-corrected chi connectivity index (χ2v) is 6.03. The minimum atomic E-state index is -3.35. The molecule has 1 aromatic rings. The molecule has 0 radical (unpaired) electrons. The third-order valence-electron chi connectivity index (χ3n) is 2.54. The van der Waals surface area contributed by atoms with Gasteiger partial charge in [-0.2, -0.15) is 0 Å². The van der Waals surface area contributed by atoms with E-state index in [0.717, 1.165) is 13.0 Å². The SMILES string of the molecule is CNCCCCS(=O)(=O)Nc1ccc(F)cc1C. The van der Waals surface area contributed by atoms with Crippen LogP contribution in [0.4, 0.5) is 10.1 Å². The van der Waals surface area contributed by atoms with Gasteiger partial charge in [-0.1, -0.05) is 0 Å². The van der Waals surface area contributed by atoms with Crippen LogP contribution in [0.2, 0.25) is 0 Å². The molecule has 6 heteroatoms. The molecule has 0 heterocycles. The summed E-state index contributed by atoms with van der Waals surface area (Å²) >= 11 is 0. The van der Waals surface area contributed by atoms with E-state index in [-0.39, 0.29) is 11.6 Å². The molecule has 1 rings (SSSR count). The third kappa shape index (κ3) is 5.01. The van der Waals surface area contributed by atoms with Gasteiger partial charge in [-0.05, 0) is 57.1 Å². The largest absolute Gasteiger partial charge is 0.320 e. The molecular weight excluding hydrogens is 255 g/mol. The lowest BCUT2D eigenvalue weighted by molar-refractivity contribution is 0.594. The maximum absolute atomic E-state index is 12.9. The lowest BCUT2D eigenvalue weighted by Gasteiger charge is -2.10. The van der Waals surface area contributed by atoms with Crippen LogP contribution in [-0.2, 0) is 10.0 Å². The normalized spacial score (nSPS) is 11.5. The fourth-order valence-corrected chi connectivity index (χ4v) is 2.80. The number of rotatable bonds is 7. The van der Waals surface area contributed by atoms with Gasteiger partial charge in [-0.3, -0.25) is 4.72 Å². The van der Waals surface area contributed by atoms with E-state index in [1.165, 1.54) is 18.2 Å². The first kappa shape index (κ1) is 14.9. The van der Waals surface area contributed by atoms with Crippen molar-refractivity contribution in [3.05, 3.63) is 29.6 Å². The number of benzene rings is 1. The summed E-state index contributed by atoms with van der Waals surface area (Å²) in [5.41, 5.74) is 1.01. The van der Waals surface area contributed by atoms with Crippen molar-refractivity contribution >= 4 is 15.7 Å². The molecule has 0 atom stereocenters. The molecule has 0 bridgehead atoms. The molecule has 2 N–H and O–H groups in total. The van der Waals surface area contributed by atoms with E-state index in [4.69, 9.17) is 0 Å². The standard InChI is InChI=1S/C12H19FN2O2S/c1-10-9-11(13)5-6-12(10)15-18(16,17)8-4-3-7-14-2/h5-6,9,14-15H,3-4,7-8H2,1-2H3. The van der Waals surface area contributed by atoms with E-state index in [2.05, 4.69) is 10.0 Å². The summed E-state index contributed by atoms with van der Waals surface area (Å²) in [5.74, 6) is -0.296. The van der Waals surface area contributed by atoms with Crippen LogP contribution in [-0.4, -0.2) is 27.8 Å². The summed E-state index contributed by atoms with van der Waals surface area (Å²) in [4.78, 5) is 0. The van der Waals surface area contributed by atoms with Gasteiger partial charge in [0.05, 0.1) is 11.4 Å². The number of unbranched alkanes of at least 4 members (excludes halogenated alkanes) is 1. The first-order valence-electron chi connectivity index (χ1n) is 5.86. The van der Waals surface area contributed by atoms with Crippen molar-refractivity contribution in [3.8, 4) is 0 Å². The van der Waals surface area contributed by atoms with Crippen molar-refractivity contribution in [3.63, 3.8) is 0 Å². The van der Waals surface area contributed by atoms with Gasteiger partial charge in [-0.15, -0.1) is 0 Å². The molecule has 1 aromatic carbocycles. The average molecular weight is 274 g/mol. The monoisotopic (exact) mass is 274 g/mol. The highest BCUT2D eigenvalue weighted by atomic mass is 32.2. The topological polar surface area (TPSA) is 58.2 Å². The summed E-state index contributed by atoms with van der Waals surface area (Å²) in [5, 5.41) is 2.96. The third-order valence-corrected chi connectivity index (χ3v) is 3.90. The summed E-state index contributed by atoms with van der Waals surface area (Å²) in [6, 6.07) is 3.99. The molecule has 0 aromatic heterocycles. The van der Waals surface area contributed by atoms with E-state index in [1.54, 1.807) is 6.92 Å². The molecule has 0 aliphatic heterocycles. The van der Waals surface area contributed by atoms with Crippen molar-refractivity contribution in [2.24, 2.45) is 0 Å². The van der Waals surface area contributed by atoms with Crippen LogP contribution in [0, 0.1) is 12.7 Å². The van der Waals surface area contributed by atoms with E-state index in [0.29, 0.717) is 17.7 Å². The average Bonchev–Trinajstić information content (AvgIpc) is 2.28. The Hall–Kier alpha value is -1.14. The number of hydrogen-bond acceptors (Lipinski definition) is 3. The molecule has 0 amide bonds. The molecule has 0 aliphatic carbocycles. The quantitative estimate of drug-likeness (QED) is 0.746. The van der Waals surface area contributed by atoms with E-state index < -0.39 is 10.0 Å². The molecule has 18 heavy (non-hydrogen) atoms. The maximum Gasteiger partial charge on any atom is 0.232 e. The minimum Gasteiger partial charge on any atom is -0.320 e. The molecule has 102 valence electrons. The highest BCUT2D eigenvalue weighted by Gasteiger charge is 2.11. The first-order valence-corrected chi connectivity index (χ1v) is 7.51. The fraction of sp³-hybridized carbons (Fsp3) is 0.500. The van der Waals surface area contributed by atoms with Gasteiger partial charge in [0.1, 0.15) is 5.82 Å². The fourth-order valence-electron chi connectivity index (χ4n) is 1.55. The molecule has 0 saturated heterocycles. The predicted octanol–water partition coefficient (Wildman–Crippen LogP) is 1.88. The van der Waals surface area contributed by atoms with Crippen molar-refractivity contribution < 1.29 is 12.8 Å². The summed E-state index contributed by atoms with van der Waals surface area (Å²) in [6.07, 6.45) is 1.40. The van der Waals surface area contributed by atoms with Gasteiger partial charge in [0.25, 0.3) is 0 Å². The van der Waals surface area contributed by atoms with Crippen LogP contribution in [0.15, 0.2) is 18.2 Å². The van der Waals surface area contributed by atoms with Crippen LogP contribution in [0.3, 0.4) is 0 Å². The van der Waals surface area contributed by atoms with Crippen molar-refractivity contribution in [1.29, 1.82) is 0 Å². The summed E-state index contributed by atoms with van der Waals surface area (Å²) < 4.78 is 38.9. The second-order valence-electron chi connectivity index (χ2n) is 4.19. The lowest BCUT2D eigenvalue weighted by atomic mass is 10.2. The highest BCUT2D eigenvalue weighted by Crippen LogP contribution is 2.17. The molecule has 0 spiro atoms. The number of hydrogen-bond donors (Lipinski definition) is 2. The number of anilines is 1. The van der Waals surface area contributed by atoms with E-state index in [9.17, 15) is 12.8 Å². The number of halogens is 1. The zero-order valence-corrected chi connectivity index (χ0v) is 11.5. The molecule has 0 saturated carbocycles. The summed E-state index contributed by atoms with van der Waals surface area (Å²) in [6.45, 7) is 2.47. The predicted molar refractivity (Wildman–Crippen MR) is 71.7 cm³/mol. The Morgan fingerprint density at radius 2 is 2.00 bits per heavy atom. The van der Waals surface area contributed by atoms with Crippen LogP contribution in [0.25, 0.3) is 0 Å². The van der Waals surface area contributed by atoms with Crippen molar-refractivity contribution in [2.75, 3.05) is 24.1 Å². The Morgan fingerprint density at radius 1 is 1.28 bits per heavy atom. The van der Waals surface area contributed by atoms with Gasteiger partial charge in [-0.25, -0.2) is 12.8 Å². The number of nitrogens with one attached hydrogen (secondary N) is 2. The Balaban J connectivity index is 2.59. The Bertz CT molecular complexity index is 489. The zero-order chi connectivity index (χ0) is 13.6. The van der Waals surface area contributed by atoms with Gasteiger partial charge >= 0.3 is 0 Å². The van der Waals surface area contributed by atoms with Crippen LogP contribution < -0.4 is 10.0 Å². The lowest BCUT2D eigenvalue weighted by Crippen LogP contribution is -2.18. The Morgan fingerprint density at radius 3 is 2.61 bits per heavy atom. The van der Waals surface area contributed by atoms with Crippen LogP contribution >= 0.6 is 0 Å². The van der Waals surface area contributed by atoms with Gasteiger partial charge in [0, 0.05) is 0 Å². The van der Waals surface area contributed by atoms with Crippen LogP contribution in [0.5, 0.6) is 0 Å². The van der Waals surface area contributed by atoms with Gasteiger partial charge < -0.3 is 5.32 Å². The number of aryl methyl sites for hydroxylation is 1. The van der Waals surface area contributed by atoms with Crippen LogP contribution in [0.1, 0.15) is 18.4 Å². The summed E-state index contributed by atoms with van der Waals surface area (Å²) in [7, 11) is -1.52. The smallest absolute Gasteiger partial charge is 0.232 e. The number of sulfonamides is 1. The molecule has 0 unspecified atom stereocenters. The molecular formula is C12H19FN2O2S. The van der Waals surface area contributed by atoms with Crippen molar-refractivity contribution in [2.45, 2.75) is 19.8 Å².